The third kappa shape index (κ3) is 1.30. The van der Waals surface area contributed by atoms with Crippen molar-refractivity contribution in [3.8, 4) is 6.07 Å². The molecule has 0 bridgehead atoms. The maximum absolute atomic E-state index is 8.24. The molecule has 0 fully saturated rings. The molecule has 0 aromatic carbocycles. The number of H-pyrrole nitrogens is 1. The van der Waals surface area contributed by atoms with Crippen LogP contribution in [-0.2, 0) is 0 Å². The number of nitrogens with one attached hydrogen (secondary N) is 1. The minimum atomic E-state index is -0.340. The summed E-state index contributed by atoms with van der Waals surface area (Å²) >= 11 is 0. The van der Waals surface area contributed by atoms with E-state index in [1.54, 1.807) is 0 Å². The first-order chi connectivity index (χ1) is 4.84. The van der Waals surface area contributed by atoms with Gasteiger partial charge in [-0.25, -0.2) is 4.98 Å². The van der Waals surface area contributed by atoms with E-state index >= 15 is 0 Å². The van der Waals surface area contributed by atoms with Crippen LogP contribution in [0.2, 0.25) is 0 Å². The molecule has 52 valence electrons. The van der Waals surface area contributed by atoms with Crippen molar-refractivity contribution in [1.29, 1.82) is 5.26 Å². The van der Waals surface area contributed by atoms with Gasteiger partial charge in [0.15, 0.2) is 0 Å². The second-order valence-electron chi connectivity index (χ2n) is 1.84. The molecular weight excluding hydrogens is 130 g/mol. The fourth-order valence-electron chi connectivity index (χ4n) is 0.589. The van der Waals surface area contributed by atoms with Crippen molar-refractivity contribution in [2.75, 3.05) is 0 Å². The van der Waals surface area contributed by atoms with E-state index in [9.17, 15) is 0 Å². The van der Waals surface area contributed by atoms with E-state index < -0.39 is 0 Å². The maximum atomic E-state index is 8.24. The summed E-state index contributed by atoms with van der Waals surface area (Å²) in [7, 11) is 0. The van der Waals surface area contributed by atoms with Crippen LogP contribution in [0.15, 0.2) is 6.33 Å². The molecule has 0 saturated heterocycles. The zero-order valence-corrected chi connectivity index (χ0v) is 5.28. The van der Waals surface area contributed by atoms with Crippen LogP contribution >= 0.6 is 0 Å². The fraction of sp³-hybridized carbons (Fsp3) is 0.400. The molecule has 0 saturated carbocycles. The van der Waals surface area contributed by atoms with E-state index in [0.717, 1.165) is 0 Å². The van der Waals surface area contributed by atoms with Gasteiger partial charge < -0.3 is 5.73 Å². The Morgan fingerprint density at radius 1 is 1.90 bits per heavy atom. The van der Waals surface area contributed by atoms with Crippen LogP contribution in [0.25, 0.3) is 0 Å². The highest BCUT2D eigenvalue weighted by Gasteiger charge is 2.06. The van der Waals surface area contributed by atoms with Gasteiger partial charge in [-0.05, 0) is 0 Å². The number of rotatable bonds is 2. The second kappa shape index (κ2) is 2.94. The molecule has 0 aliphatic rings. The Hall–Kier alpha value is -1.41. The zero-order chi connectivity index (χ0) is 7.40. The first-order valence-electron chi connectivity index (χ1n) is 2.82. The lowest BCUT2D eigenvalue weighted by molar-refractivity contribution is 0.692. The highest BCUT2D eigenvalue weighted by molar-refractivity contribution is 4.93. The number of nitrogens with zero attached hydrogens (tertiary/aromatic N) is 3. The lowest BCUT2D eigenvalue weighted by Gasteiger charge is -1.99. The van der Waals surface area contributed by atoms with Gasteiger partial charge in [0.25, 0.3) is 0 Å². The van der Waals surface area contributed by atoms with Crippen molar-refractivity contribution in [3.05, 3.63) is 12.2 Å². The van der Waals surface area contributed by atoms with E-state index in [1.165, 1.54) is 6.33 Å². The molecule has 5 heteroatoms. The van der Waals surface area contributed by atoms with Crippen LogP contribution in [0.1, 0.15) is 18.3 Å². The van der Waals surface area contributed by atoms with Crippen molar-refractivity contribution in [3.63, 3.8) is 0 Å². The minimum absolute atomic E-state index is 0.259. The number of aromatic nitrogens is 3. The van der Waals surface area contributed by atoms with Crippen molar-refractivity contribution in [2.24, 2.45) is 5.73 Å². The monoisotopic (exact) mass is 137 g/mol. The van der Waals surface area contributed by atoms with Gasteiger partial charge in [0, 0.05) is 0 Å². The van der Waals surface area contributed by atoms with Crippen LogP contribution < -0.4 is 5.73 Å². The SMILES string of the molecule is N#CC[C@H](N)c1ncn[nH]1. The molecule has 3 N–H and O–H groups in total. The normalized spacial score (nSPS) is 12.4. The summed E-state index contributed by atoms with van der Waals surface area (Å²) < 4.78 is 0. The molecule has 10 heavy (non-hydrogen) atoms. The molecule has 0 aliphatic carbocycles. The number of hydrogen-bond acceptors (Lipinski definition) is 4. The second-order valence-corrected chi connectivity index (χ2v) is 1.84. The summed E-state index contributed by atoms with van der Waals surface area (Å²) in [5.74, 6) is 0.557. The number of hydrogen-bond donors (Lipinski definition) is 2. The van der Waals surface area contributed by atoms with Gasteiger partial charge in [-0.3, -0.25) is 5.10 Å². The summed E-state index contributed by atoms with van der Waals surface area (Å²) in [5, 5.41) is 14.4. The van der Waals surface area contributed by atoms with Crippen molar-refractivity contribution < 1.29 is 0 Å². The maximum Gasteiger partial charge on any atom is 0.142 e. The molecule has 0 radical (unpaired) electrons. The van der Waals surface area contributed by atoms with E-state index in [1.807, 2.05) is 6.07 Å². The molecule has 0 unspecified atom stereocenters. The van der Waals surface area contributed by atoms with Gasteiger partial charge in [0.1, 0.15) is 12.2 Å². The van der Waals surface area contributed by atoms with E-state index in [0.29, 0.717) is 5.82 Å². The topological polar surface area (TPSA) is 91.4 Å². The van der Waals surface area contributed by atoms with E-state index in [2.05, 4.69) is 15.2 Å². The van der Waals surface area contributed by atoms with Crippen LogP contribution in [0, 0.1) is 11.3 Å². The Bertz CT molecular complexity index is 221. The molecule has 1 aromatic heterocycles. The van der Waals surface area contributed by atoms with Crippen molar-refractivity contribution in [1.82, 2.24) is 15.2 Å². The molecule has 1 rings (SSSR count). The number of aromatic amines is 1. The predicted octanol–water partition coefficient (Wildman–Crippen LogP) is -0.282. The first kappa shape index (κ1) is 6.71. The Kier molecular flexibility index (Phi) is 1.97. The molecule has 0 spiro atoms. The van der Waals surface area contributed by atoms with E-state index in [4.69, 9.17) is 11.0 Å². The Morgan fingerprint density at radius 3 is 3.20 bits per heavy atom. The van der Waals surface area contributed by atoms with Gasteiger partial charge in [0.2, 0.25) is 0 Å². The van der Waals surface area contributed by atoms with Crippen LogP contribution in [0.4, 0.5) is 0 Å². The summed E-state index contributed by atoms with van der Waals surface area (Å²) in [4.78, 5) is 3.79. The predicted molar refractivity (Wildman–Crippen MR) is 33.5 cm³/mol. The molecular formula is C5H7N5. The molecule has 1 heterocycles. The standard InChI is InChI=1S/C5H7N5/c6-2-1-4(7)5-8-3-9-10-5/h3-4H,1,7H2,(H,8,9,10)/t4-/m0/s1. The minimum Gasteiger partial charge on any atom is -0.320 e. The molecule has 0 aliphatic heterocycles. The lowest BCUT2D eigenvalue weighted by atomic mass is 10.2. The molecule has 0 amide bonds. The third-order valence-corrected chi connectivity index (χ3v) is 1.10. The van der Waals surface area contributed by atoms with Crippen LogP contribution in [-0.4, -0.2) is 15.2 Å². The summed E-state index contributed by atoms with van der Waals surface area (Å²) in [5.41, 5.74) is 5.49. The van der Waals surface area contributed by atoms with Gasteiger partial charge in [-0.1, -0.05) is 0 Å². The summed E-state index contributed by atoms with van der Waals surface area (Å²) in [6.45, 7) is 0. The molecule has 1 atom stereocenters. The highest BCUT2D eigenvalue weighted by Crippen LogP contribution is 2.04. The van der Waals surface area contributed by atoms with Gasteiger partial charge in [0.05, 0.1) is 18.5 Å². The van der Waals surface area contributed by atoms with E-state index in [-0.39, 0.29) is 12.5 Å². The van der Waals surface area contributed by atoms with Gasteiger partial charge in [-0.2, -0.15) is 10.4 Å². The van der Waals surface area contributed by atoms with Gasteiger partial charge >= 0.3 is 0 Å². The van der Waals surface area contributed by atoms with Crippen LogP contribution in [0.5, 0.6) is 0 Å². The zero-order valence-electron chi connectivity index (χ0n) is 5.28. The van der Waals surface area contributed by atoms with Crippen molar-refractivity contribution in [2.45, 2.75) is 12.5 Å². The van der Waals surface area contributed by atoms with Crippen LogP contribution in [0.3, 0.4) is 0 Å². The summed E-state index contributed by atoms with van der Waals surface area (Å²) in [6.07, 6.45) is 1.63. The fourth-order valence-corrected chi connectivity index (χ4v) is 0.589. The smallest absolute Gasteiger partial charge is 0.142 e. The number of nitrogens with two attached hydrogens (primary N) is 1. The largest absolute Gasteiger partial charge is 0.320 e. The number of nitriles is 1. The quantitative estimate of drug-likeness (QED) is 0.586. The third-order valence-electron chi connectivity index (χ3n) is 1.10. The summed E-state index contributed by atoms with van der Waals surface area (Å²) in [6, 6.07) is 1.60. The first-order valence-corrected chi connectivity index (χ1v) is 2.82. The molecule has 1 aromatic rings. The van der Waals surface area contributed by atoms with Crippen molar-refractivity contribution >= 4 is 0 Å². The van der Waals surface area contributed by atoms with Gasteiger partial charge in [-0.15, -0.1) is 0 Å². The molecule has 5 nitrogen and oxygen atoms in total. The average Bonchev–Trinajstić information content (AvgIpc) is 2.38. The highest BCUT2D eigenvalue weighted by atomic mass is 15.2. The average molecular weight is 137 g/mol. The lowest BCUT2D eigenvalue weighted by Crippen LogP contribution is -2.10. The Balaban J connectivity index is 2.61. The Labute approximate surface area is 57.9 Å². The Morgan fingerprint density at radius 2 is 2.70 bits per heavy atom.